The normalized spacial score (nSPS) is 16.6. The highest BCUT2D eigenvalue weighted by atomic mass is 79.9. The van der Waals surface area contributed by atoms with Crippen molar-refractivity contribution >= 4 is 44.2 Å². The minimum Gasteiger partial charge on any atom is -0.496 e. The van der Waals surface area contributed by atoms with Crippen LogP contribution in [0.5, 0.6) is 5.75 Å². The number of carbonyl (C=O) groups excluding carboxylic acids is 2. The number of carbonyl (C=O) groups is 2. The molecule has 1 N–H and O–H groups in total. The topological polar surface area (TPSA) is 80.8 Å². The second-order valence-corrected chi connectivity index (χ2v) is 7.18. The van der Waals surface area contributed by atoms with E-state index in [9.17, 15) is 14.0 Å². The first-order valence-electron chi connectivity index (χ1n) is 8.76. The zero-order chi connectivity index (χ0) is 21.0. The second-order valence-electron chi connectivity index (χ2n) is 6.33. The number of ether oxygens (including phenoxy) is 2. The lowest BCUT2D eigenvalue weighted by molar-refractivity contribution is -0.119. The Balaban J connectivity index is 1.78. The molecule has 152 valence electrons. The van der Waals surface area contributed by atoms with Gasteiger partial charge in [0.05, 0.1) is 25.9 Å². The molecule has 1 aromatic carbocycles. The summed E-state index contributed by atoms with van der Waals surface area (Å²) in [6.07, 6.45) is 3.76. The third-order valence-corrected chi connectivity index (χ3v) is 4.95. The molecule has 1 aromatic heterocycles. The Morgan fingerprint density at radius 2 is 2.28 bits per heavy atom. The Hall–Kier alpha value is -2.94. The molecule has 7 nitrogen and oxygen atoms in total. The van der Waals surface area contributed by atoms with Crippen LogP contribution in [0.15, 0.2) is 36.7 Å². The molecule has 29 heavy (non-hydrogen) atoms. The molecule has 1 fully saturated rings. The molecule has 0 aliphatic carbocycles. The van der Waals surface area contributed by atoms with Gasteiger partial charge >= 0.3 is 6.09 Å². The summed E-state index contributed by atoms with van der Waals surface area (Å²) in [4.78, 5) is 28.5. The highest BCUT2D eigenvalue weighted by molar-refractivity contribution is 9.15. The van der Waals surface area contributed by atoms with Crippen molar-refractivity contribution in [3.8, 4) is 5.75 Å². The maximum atomic E-state index is 14.7. The molecule has 2 aromatic rings. The number of nitrogens with one attached hydrogen (secondary N) is 1. The molecule has 1 aliphatic rings. The number of pyridine rings is 1. The predicted molar refractivity (Wildman–Crippen MR) is 110 cm³/mol. The number of methoxy groups -OCH3 is 1. The van der Waals surface area contributed by atoms with E-state index in [0.29, 0.717) is 27.0 Å². The van der Waals surface area contributed by atoms with E-state index in [1.807, 2.05) is 0 Å². The van der Waals surface area contributed by atoms with E-state index in [1.54, 1.807) is 43.8 Å². The van der Waals surface area contributed by atoms with Crippen molar-refractivity contribution in [3.63, 3.8) is 0 Å². The number of cyclic esters (lactones) is 1. The molecule has 1 saturated heterocycles. The molecule has 2 heterocycles. The van der Waals surface area contributed by atoms with Crippen LogP contribution in [0.25, 0.3) is 10.6 Å². The van der Waals surface area contributed by atoms with Crippen molar-refractivity contribution in [2.24, 2.45) is 0 Å². The summed E-state index contributed by atoms with van der Waals surface area (Å²) in [5, 5.41) is 2.60. The molecular weight excluding hydrogens is 445 g/mol. The van der Waals surface area contributed by atoms with Gasteiger partial charge in [-0.3, -0.25) is 14.7 Å². The van der Waals surface area contributed by atoms with Gasteiger partial charge in [0.2, 0.25) is 5.91 Å². The molecule has 2 amide bonds. The van der Waals surface area contributed by atoms with Crippen molar-refractivity contribution in [2.45, 2.75) is 13.0 Å². The fourth-order valence-electron chi connectivity index (χ4n) is 2.85. The summed E-state index contributed by atoms with van der Waals surface area (Å²) >= 11 is 3.44. The molecule has 0 unspecified atom stereocenters. The molecule has 0 saturated carbocycles. The highest BCUT2D eigenvalue weighted by Gasteiger charge is 2.32. The van der Waals surface area contributed by atoms with Crippen molar-refractivity contribution in [1.82, 2.24) is 10.3 Å². The number of amides is 2. The van der Waals surface area contributed by atoms with Crippen LogP contribution in [0.1, 0.15) is 18.1 Å². The number of anilines is 1. The average molecular weight is 464 g/mol. The van der Waals surface area contributed by atoms with Crippen LogP contribution in [0.2, 0.25) is 0 Å². The summed E-state index contributed by atoms with van der Waals surface area (Å²) in [6, 6.07) is 6.19. The number of aromatic nitrogens is 1. The van der Waals surface area contributed by atoms with E-state index in [0.717, 1.165) is 0 Å². The van der Waals surface area contributed by atoms with E-state index in [2.05, 4.69) is 26.2 Å². The molecule has 0 spiro atoms. The molecule has 1 atom stereocenters. The number of halogens is 2. The lowest BCUT2D eigenvalue weighted by Crippen LogP contribution is -2.33. The maximum absolute atomic E-state index is 14.7. The fraction of sp³-hybridized carbons (Fsp3) is 0.250. The van der Waals surface area contributed by atoms with Crippen LogP contribution < -0.4 is 15.0 Å². The van der Waals surface area contributed by atoms with Gasteiger partial charge in [0.15, 0.2) is 0 Å². The van der Waals surface area contributed by atoms with Crippen LogP contribution in [0.3, 0.4) is 0 Å². The Morgan fingerprint density at radius 3 is 2.97 bits per heavy atom. The van der Waals surface area contributed by atoms with E-state index in [4.69, 9.17) is 9.47 Å². The summed E-state index contributed by atoms with van der Waals surface area (Å²) < 4.78 is 25.8. The van der Waals surface area contributed by atoms with Gasteiger partial charge in [0.25, 0.3) is 0 Å². The number of hydrogen-bond donors (Lipinski definition) is 1. The van der Waals surface area contributed by atoms with Gasteiger partial charge in [-0.2, -0.15) is 0 Å². The monoisotopic (exact) mass is 463 g/mol. The van der Waals surface area contributed by atoms with Crippen LogP contribution in [0.4, 0.5) is 14.9 Å². The summed E-state index contributed by atoms with van der Waals surface area (Å²) in [5.41, 5.74) is 1.39. The van der Waals surface area contributed by atoms with Crippen LogP contribution in [-0.2, 0) is 9.53 Å². The number of hydrogen-bond acceptors (Lipinski definition) is 5. The quantitative estimate of drug-likeness (QED) is 0.707. The largest absolute Gasteiger partial charge is 0.496 e. The van der Waals surface area contributed by atoms with Crippen molar-refractivity contribution in [2.75, 3.05) is 25.1 Å². The van der Waals surface area contributed by atoms with Crippen LogP contribution in [-0.4, -0.2) is 43.3 Å². The molecule has 9 heteroatoms. The predicted octanol–water partition coefficient (Wildman–Crippen LogP) is 3.58. The lowest BCUT2D eigenvalue weighted by atomic mass is 10.1. The number of nitrogens with zero attached hydrogens (tertiary/aromatic N) is 2. The standard InChI is InChI=1S/C20H19BrFN3O4/c1-12(26)24-9-15-11-25(20(27)29-15)14-4-3-13(18(22)8-14)7-17(21)16-10-23-6-5-19(16)28-2/h3-8,10,15H,9,11H2,1-2H3,(H,24,26)/b17-7-/t15-/m0/s1. The van der Waals surface area contributed by atoms with E-state index >= 15 is 0 Å². The second kappa shape index (κ2) is 9.04. The fourth-order valence-corrected chi connectivity index (χ4v) is 3.39. The number of rotatable bonds is 6. The Morgan fingerprint density at radius 1 is 1.48 bits per heavy atom. The van der Waals surface area contributed by atoms with Gasteiger partial charge in [-0.25, -0.2) is 9.18 Å². The van der Waals surface area contributed by atoms with Gasteiger partial charge in [-0.15, -0.1) is 0 Å². The molecular formula is C20H19BrFN3O4. The average Bonchev–Trinajstić information content (AvgIpc) is 3.08. The van der Waals surface area contributed by atoms with Gasteiger partial charge in [0.1, 0.15) is 17.7 Å². The van der Waals surface area contributed by atoms with Crippen LogP contribution in [0, 0.1) is 5.82 Å². The SMILES string of the molecule is COc1ccncc1/C(Br)=C/c1ccc(N2C[C@H](CNC(C)=O)OC2=O)cc1F. The Labute approximate surface area is 175 Å². The lowest BCUT2D eigenvalue weighted by Gasteiger charge is -2.14. The number of benzene rings is 1. The Kier molecular flexibility index (Phi) is 6.48. The highest BCUT2D eigenvalue weighted by Crippen LogP contribution is 2.32. The molecule has 0 bridgehead atoms. The van der Waals surface area contributed by atoms with Gasteiger partial charge < -0.3 is 14.8 Å². The molecule has 0 radical (unpaired) electrons. The first-order chi connectivity index (χ1) is 13.9. The van der Waals surface area contributed by atoms with Crippen molar-refractivity contribution in [1.29, 1.82) is 0 Å². The molecule has 3 rings (SSSR count). The summed E-state index contributed by atoms with van der Waals surface area (Å²) in [6.45, 7) is 1.82. The third kappa shape index (κ3) is 4.92. The smallest absolute Gasteiger partial charge is 0.414 e. The Bertz CT molecular complexity index is 966. The van der Waals surface area contributed by atoms with Gasteiger partial charge in [-0.05, 0) is 46.3 Å². The zero-order valence-corrected chi connectivity index (χ0v) is 17.4. The summed E-state index contributed by atoms with van der Waals surface area (Å²) in [5.74, 6) is -0.108. The van der Waals surface area contributed by atoms with Gasteiger partial charge in [0, 0.05) is 34.9 Å². The maximum Gasteiger partial charge on any atom is 0.414 e. The minimum absolute atomic E-state index is 0.209. The van der Waals surface area contributed by atoms with E-state index in [1.165, 1.54) is 17.9 Å². The summed E-state index contributed by atoms with van der Waals surface area (Å²) in [7, 11) is 1.54. The van der Waals surface area contributed by atoms with Crippen LogP contribution >= 0.6 is 15.9 Å². The zero-order valence-electron chi connectivity index (χ0n) is 15.8. The van der Waals surface area contributed by atoms with E-state index < -0.39 is 18.0 Å². The minimum atomic E-state index is -0.579. The molecule has 1 aliphatic heterocycles. The third-order valence-electron chi connectivity index (χ3n) is 4.29. The van der Waals surface area contributed by atoms with Crippen molar-refractivity contribution in [3.05, 3.63) is 53.6 Å². The first-order valence-corrected chi connectivity index (χ1v) is 9.56. The first kappa shape index (κ1) is 20.8. The van der Waals surface area contributed by atoms with Crippen molar-refractivity contribution < 1.29 is 23.5 Å². The van der Waals surface area contributed by atoms with Gasteiger partial charge in [-0.1, -0.05) is 0 Å². The van der Waals surface area contributed by atoms with E-state index in [-0.39, 0.29) is 19.0 Å².